The zero-order valence-electron chi connectivity index (χ0n) is 17.2. The lowest BCUT2D eigenvalue weighted by atomic mass is 10.0. The molecule has 0 unspecified atom stereocenters. The van der Waals surface area contributed by atoms with Crippen LogP contribution in [0.15, 0.2) is 59.6 Å². The highest BCUT2D eigenvalue weighted by Crippen LogP contribution is 2.23. The van der Waals surface area contributed by atoms with Gasteiger partial charge < -0.3 is 5.32 Å². The first-order chi connectivity index (χ1) is 13.9. The maximum Gasteiger partial charge on any atom is 0.268 e. The molecule has 0 spiro atoms. The van der Waals surface area contributed by atoms with E-state index in [0.717, 1.165) is 29.4 Å². The van der Waals surface area contributed by atoms with Crippen LogP contribution >= 0.6 is 0 Å². The van der Waals surface area contributed by atoms with E-state index in [4.69, 9.17) is 0 Å². The monoisotopic (exact) mass is 412 g/mol. The van der Waals surface area contributed by atoms with E-state index in [2.05, 4.69) is 5.32 Å². The number of carbonyl (C=O) groups is 1. The van der Waals surface area contributed by atoms with Crippen molar-refractivity contribution in [3.63, 3.8) is 0 Å². The fourth-order valence-electron chi connectivity index (χ4n) is 3.47. The Morgan fingerprint density at radius 2 is 1.72 bits per heavy atom. The molecule has 1 N–H and O–H groups in total. The third-order valence-electron chi connectivity index (χ3n) is 5.37. The van der Waals surface area contributed by atoms with Gasteiger partial charge in [0.15, 0.2) is 0 Å². The molecule has 1 amide bonds. The third-order valence-corrected chi connectivity index (χ3v) is 7.07. The summed E-state index contributed by atoms with van der Waals surface area (Å²) in [7, 11) is -3.66. The largest absolute Gasteiger partial charge is 0.356 e. The van der Waals surface area contributed by atoms with Gasteiger partial charge in [-0.15, -0.1) is 0 Å². The quantitative estimate of drug-likeness (QED) is 0.600. The Bertz CT molecular complexity index is 1090. The molecule has 154 valence electrons. The molecule has 0 fully saturated rings. The highest BCUT2D eigenvalue weighted by Gasteiger charge is 2.19. The van der Waals surface area contributed by atoms with Crippen LogP contribution in [0.2, 0.25) is 0 Å². The second-order valence-corrected chi connectivity index (χ2v) is 9.19. The van der Waals surface area contributed by atoms with Crippen LogP contribution in [-0.2, 0) is 21.2 Å². The standard InChI is InChI=1S/C23H28N2O3S/c1-4-19(5-2)23(26)24-14-12-18-8-9-20-13-15-25(22(20)16-18)29(27,28)21-10-6-17(3)7-11-21/h6-11,13,15-16,19H,4-5,12,14H2,1-3H3,(H,24,26). The number of aryl methyl sites for hydroxylation is 1. The minimum Gasteiger partial charge on any atom is -0.356 e. The molecule has 3 rings (SSSR count). The van der Waals surface area contributed by atoms with E-state index < -0.39 is 10.0 Å². The van der Waals surface area contributed by atoms with Gasteiger partial charge >= 0.3 is 0 Å². The molecule has 0 aliphatic carbocycles. The molecule has 0 atom stereocenters. The first-order valence-electron chi connectivity index (χ1n) is 10.1. The number of carbonyl (C=O) groups excluding carboxylic acids is 1. The lowest BCUT2D eigenvalue weighted by molar-refractivity contribution is -0.125. The van der Waals surface area contributed by atoms with Crippen LogP contribution < -0.4 is 5.32 Å². The summed E-state index contributed by atoms with van der Waals surface area (Å²) < 4.78 is 27.5. The van der Waals surface area contributed by atoms with Crippen LogP contribution in [0.25, 0.3) is 10.9 Å². The number of rotatable bonds is 8. The first-order valence-corrected chi connectivity index (χ1v) is 11.5. The summed E-state index contributed by atoms with van der Waals surface area (Å²) in [5.74, 6) is 0.135. The van der Waals surface area contributed by atoms with Crippen LogP contribution in [0.1, 0.15) is 37.8 Å². The second kappa shape index (κ2) is 8.82. The van der Waals surface area contributed by atoms with Crippen molar-refractivity contribution in [3.8, 4) is 0 Å². The van der Waals surface area contributed by atoms with Gasteiger partial charge in [0.2, 0.25) is 5.91 Å². The van der Waals surface area contributed by atoms with Crippen LogP contribution in [0.3, 0.4) is 0 Å². The minimum atomic E-state index is -3.66. The molecule has 0 saturated heterocycles. The summed E-state index contributed by atoms with van der Waals surface area (Å²) in [6.45, 7) is 6.50. The van der Waals surface area contributed by atoms with E-state index in [9.17, 15) is 13.2 Å². The predicted molar refractivity (Wildman–Crippen MR) is 116 cm³/mol. The summed E-state index contributed by atoms with van der Waals surface area (Å²) >= 11 is 0. The molecule has 0 saturated carbocycles. The van der Waals surface area contributed by atoms with E-state index in [1.165, 1.54) is 3.97 Å². The Labute approximate surface area is 172 Å². The molecule has 3 aromatic rings. The van der Waals surface area contributed by atoms with Crippen molar-refractivity contribution in [2.24, 2.45) is 5.92 Å². The molecule has 0 aliphatic heterocycles. The van der Waals surface area contributed by atoms with Gasteiger partial charge in [-0.1, -0.05) is 43.7 Å². The Hall–Kier alpha value is -2.60. The van der Waals surface area contributed by atoms with Gasteiger partial charge in [-0.3, -0.25) is 4.79 Å². The molecular formula is C23H28N2O3S. The summed E-state index contributed by atoms with van der Waals surface area (Å²) in [5.41, 5.74) is 2.65. The molecule has 0 aliphatic rings. The molecule has 1 heterocycles. The lowest BCUT2D eigenvalue weighted by Crippen LogP contribution is -2.31. The smallest absolute Gasteiger partial charge is 0.268 e. The average Bonchev–Trinajstić information content (AvgIpc) is 3.13. The molecule has 0 radical (unpaired) electrons. The van der Waals surface area contributed by atoms with Crippen LogP contribution in [0.5, 0.6) is 0 Å². The Kier molecular flexibility index (Phi) is 6.42. The third kappa shape index (κ3) is 4.53. The molecule has 5 nitrogen and oxygen atoms in total. The molecule has 0 bridgehead atoms. The van der Waals surface area contributed by atoms with Crippen molar-refractivity contribution < 1.29 is 13.2 Å². The summed E-state index contributed by atoms with van der Waals surface area (Å²) in [6, 6.07) is 14.5. The Morgan fingerprint density at radius 3 is 2.38 bits per heavy atom. The summed E-state index contributed by atoms with van der Waals surface area (Å²) in [6.07, 6.45) is 3.91. The fourth-order valence-corrected chi connectivity index (χ4v) is 4.82. The van der Waals surface area contributed by atoms with Crippen molar-refractivity contribution in [2.45, 2.75) is 44.9 Å². The highest BCUT2D eigenvalue weighted by atomic mass is 32.2. The minimum absolute atomic E-state index is 0.0503. The van der Waals surface area contributed by atoms with Gasteiger partial charge in [0.1, 0.15) is 0 Å². The van der Waals surface area contributed by atoms with Gasteiger partial charge in [-0.2, -0.15) is 0 Å². The van der Waals surface area contributed by atoms with Crippen LogP contribution in [0, 0.1) is 12.8 Å². The topological polar surface area (TPSA) is 68.2 Å². The van der Waals surface area contributed by atoms with Crippen molar-refractivity contribution in [2.75, 3.05) is 6.54 Å². The molecule has 6 heteroatoms. The Morgan fingerprint density at radius 1 is 1.03 bits per heavy atom. The summed E-state index contributed by atoms with van der Waals surface area (Å²) in [5, 5.41) is 3.85. The number of hydrogen-bond acceptors (Lipinski definition) is 3. The van der Waals surface area contributed by atoms with E-state index in [1.54, 1.807) is 36.5 Å². The van der Waals surface area contributed by atoms with Crippen LogP contribution in [-0.4, -0.2) is 24.8 Å². The zero-order valence-corrected chi connectivity index (χ0v) is 18.0. The van der Waals surface area contributed by atoms with Gasteiger partial charge in [0, 0.05) is 24.0 Å². The normalized spacial score (nSPS) is 11.9. The van der Waals surface area contributed by atoms with Crippen molar-refractivity contribution in [1.82, 2.24) is 9.29 Å². The number of nitrogens with zero attached hydrogens (tertiary/aromatic N) is 1. The number of nitrogens with one attached hydrogen (secondary N) is 1. The van der Waals surface area contributed by atoms with Crippen molar-refractivity contribution in [3.05, 3.63) is 65.9 Å². The zero-order chi connectivity index (χ0) is 21.0. The lowest BCUT2D eigenvalue weighted by Gasteiger charge is -2.13. The summed E-state index contributed by atoms with van der Waals surface area (Å²) in [4.78, 5) is 12.4. The molecule has 1 aromatic heterocycles. The van der Waals surface area contributed by atoms with E-state index in [-0.39, 0.29) is 16.7 Å². The fraction of sp³-hybridized carbons (Fsp3) is 0.348. The van der Waals surface area contributed by atoms with Gasteiger partial charge in [0.05, 0.1) is 10.4 Å². The number of hydrogen-bond donors (Lipinski definition) is 1. The maximum atomic E-state index is 13.1. The number of amides is 1. The van der Waals surface area contributed by atoms with Crippen molar-refractivity contribution in [1.29, 1.82) is 0 Å². The molecule has 2 aromatic carbocycles. The number of benzene rings is 2. The van der Waals surface area contributed by atoms with Crippen molar-refractivity contribution >= 4 is 26.8 Å². The second-order valence-electron chi connectivity index (χ2n) is 7.38. The van der Waals surface area contributed by atoms with Gasteiger partial charge in [-0.05, 0) is 56.0 Å². The predicted octanol–water partition coefficient (Wildman–Crippen LogP) is 4.28. The van der Waals surface area contributed by atoms with Gasteiger partial charge in [0.25, 0.3) is 10.0 Å². The molecule has 29 heavy (non-hydrogen) atoms. The number of aromatic nitrogens is 1. The highest BCUT2D eigenvalue weighted by molar-refractivity contribution is 7.90. The van der Waals surface area contributed by atoms with E-state index in [0.29, 0.717) is 18.5 Å². The molecular weight excluding hydrogens is 384 g/mol. The van der Waals surface area contributed by atoms with Crippen LogP contribution in [0.4, 0.5) is 0 Å². The number of fused-ring (bicyclic) bond motifs is 1. The SMILES string of the molecule is CCC(CC)C(=O)NCCc1ccc2ccn(S(=O)(=O)c3ccc(C)cc3)c2c1. The van der Waals surface area contributed by atoms with E-state index >= 15 is 0 Å². The van der Waals surface area contributed by atoms with Gasteiger partial charge in [-0.25, -0.2) is 12.4 Å². The first kappa shape index (κ1) is 21.1. The maximum absolute atomic E-state index is 13.1. The average molecular weight is 413 g/mol. The Balaban J connectivity index is 1.81. The van der Waals surface area contributed by atoms with E-state index in [1.807, 2.05) is 39.0 Å².